The predicted octanol–water partition coefficient (Wildman–Crippen LogP) is 2.79. The number of carbonyl (C=O) groups excluding carboxylic acids is 2. The van der Waals surface area contributed by atoms with E-state index in [4.69, 9.17) is 11.6 Å². The minimum atomic E-state index is -0.187. The summed E-state index contributed by atoms with van der Waals surface area (Å²) in [5.41, 5.74) is 1.14. The fraction of sp³-hybridized carbons (Fsp3) is 0.556. The molecule has 1 aliphatic heterocycles. The van der Waals surface area contributed by atoms with Gasteiger partial charge in [0, 0.05) is 30.6 Å². The Morgan fingerprint density at radius 2 is 1.91 bits per heavy atom. The van der Waals surface area contributed by atoms with E-state index in [2.05, 4.69) is 5.32 Å². The molecular formula is C18H23ClN2O2. The number of halogens is 1. The Kier molecular flexibility index (Phi) is 5.21. The number of rotatable bonds is 5. The van der Waals surface area contributed by atoms with Crippen LogP contribution in [0.3, 0.4) is 0 Å². The highest BCUT2D eigenvalue weighted by Gasteiger charge is 2.38. The Balaban J connectivity index is 1.45. The summed E-state index contributed by atoms with van der Waals surface area (Å²) in [6, 6.07) is 8.02. The van der Waals surface area contributed by atoms with Gasteiger partial charge in [-0.2, -0.15) is 0 Å². The normalized spacial score (nSPS) is 21.9. The van der Waals surface area contributed by atoms with Gasteiger partial charge in [0.05, 0.1) is 5.92 Å². The van der Waals surface area contributed by atoms with E-state index in [1.54, 1.807) is 0 Å². The molecule has 0 radical (unpaired) electrons. The second-order valence-electron chi connectivity index (χ2n) is 6.55. The van der Waals surface area contributed by atoms with Gasteiger partial charge in [-0.05, 0) is 37.0 Å². The Labute approximate surface area is 142 Å². The molecule has 2 amide bonds. The maximum absolute atomic E-state index is 12.3. The number of nitrogens with one attached hydrogen (secondary N) is 1. The monoisotopic (exact) mass is 334 g/mol. The van der Waals surface area contributed by atoms with Crippen LogP contribution in [0.15, 0.2) is 24.3 Å². The number of carbonyl (C=O) groups is 2. The molecule has 0 bridgehead atoms. The molecule has 1 heterocycles. The summed E-state index contributed by atoms with van der Waals surface area (Å²) in [7, 11) is 0. The van der Waals surface area contributed by atoms with E-state index in [9.17, 15) is 9.59 Å². The third-order valence-electron chi connectivity index (χ3n) is 4.92. The van der Waals surface area contributed by atoms with Gasteiger partial charge in [-0.3, -0.25) is 9.59 Å². The van der Waals surface area contributed by atoms with Crippen molar-refractivity contribution in [2.45, 2.75) is 44.6 Å². The summed E-state index contributed by atoms with van der Waals surface area (Å²) in [4.78, 5) is 26.4. The maximum atomic E-state index is 12.3. The van der Waals surface area contributed by atoms with Crippen molar-refractivity contribution in [3.05, 3.63) is 34.9 Å². The molecule has 5 heteroatoms. The summed E-state index contributed by atoms with van der Waals surface area (Å²) >= 11 is 5.86. The molecule has 1 saturated carbocycles. The van der Waals surface area contributed by atoms with Crippen LogP contribution in [-0.2, 0) is 16.0 Å². The fourth-order valence-corrected chi connectivity index (χ4v) is 3.73. The van der Waals surface area contributed by atoms with Crippen molar-refractivity contribution in [3.8, 4) is 0 Å². The molecule has 23 heavy (non-hydrogen) atoms. The van der Waals surface area contributed by atoms with Crippen LogP contribution in [-0.4, -0.2) is 35.8 Å². The predicted molar refractivity (Wildman–Crippen MR) is 90.2 cm³/mol. The van der Waals surface area contributed by atoms with Gasteiger partial charge in [-0.15, -0.1) is 0 Å². The summed E-state index contributed by atoms with van der Waals surface area (Å²) in [5, 5.41) is 3.69. The van der Waals surface area contributed by atoms with Crippen molar-refractivity contribution in [2.24, 2.45) is 5.92 Å². The molecule has 124 valence electrons. The molecule has 1 N–H and O–H groups in total. The molecule has 3 rings (SSSR count). The van der Waals surface area contributed by atoms with Gasteiger partial charge in [0.2, 0.25) is 11.8 Å². The Hall–Kier alpha value is -1.55. The molecule has 1 aliphatic carbocycles. The average Bonchev–Trinajstić information content (AvgIpc) is 3.18. The average molecular weight is 335 g/mol. The number of likely N-dealkylation sites (tertiary alicyclic amines) is 1. The van der Waals surface area contributed by atoms with E-state index in [-0.39, 0.29) is 17.7 Å². The first-order valence-corrected chi connectivity index (χ1v) is 8.83. The second-order valence-corrected chi connectivity index (χ2v) is 6.99. The van der Waals surface area contributed by atoms with Gasteiger partial charge in [0.15, 0.2) is 0 Å². The van der Waals surface area contributed by atoms with Gasteiger partial charge in [0.1, 0.15) is 0 Å². The first kappa shape index (κ1) is 16.3. The largest absolute Gasteiger partial charge is 0.355 e. The number of hydrogen-bond donors (Lipinski definition) is 1. The molecule has 1 aromatic carbocycles. The molecule has 4 nitrogen and oxygen atoms in total. The lowest BCUT2D eigenvalue weighted by Gasteiger charge is -2.23. The topological polar surface area (TPSA) is 49.4 Å². The first-order valence-electron chi connectivity index (χ1n) is 8.45. The van der Waals surface area contributed by atoms with Crippen molar-refractivity contribution in [3.63, 3.8) is 0 Å². The van der Waals surface area contributed by atoms with Gasteiger partial charge in [-0.25, -0.2) is 0 Å². The first-order chi connectivity index (χ1) is 11.1. The number of nitrogens with zero attached hydrogens (tertiary/aromatic N) is 1. The van der Waals surface area contributed by atoms with E-state index < -0.39 is 0 Å². The molecule has 2 fully saturated rings. The molecule has 1 atom stereocenters. The van der Waals surface area contributed by atoms with E-state index in [1.165, 1.54) is 12.8 Å². The van der Waals surface area contributed by atoms with E-state index in [0.717, 1.165) is 24.8 Å². The van der Waals surface area contributed by atoms with E-state index in [0.29, 0.717) is 30.6 Å². The smallest absolute Gasteiger partial charge is 0.225 e. The highest BCUT2D eigenvalue weighted by atomic mass is 35.5. The molecule has 0 aromatic heterocycles. The number of hydrogen-bond acceptors (Lipinski definition) is 2. The van der Waals surface area contributed by atoms with Gasteiger partial charge in [-0.1, -0.05) is 36.6 Å². The Morgan fingerprint density at radius 3 is 2.61 bits per heavy atom. The van der Waals surface area contributed by atoms with Crippen LogP contribution >= 0.6 is 11.6 Å². The van der Waals surface area contributed by atoms with E-state index in [1.807, 2.05) is 29.2 Å². The lowest BCUT2D eigenvalue weighted by molar-refractivity contribution is -0.130. The molecule has 1 aromatic rings. The van der Waals surface area contributed by atoms with Crippen LogP contribution < -0.4 is 5.32 Å². The minimum absolute atomic E-state index is 0.00723. The van der Waals surface area contributed by atoms with Crippen LogP contribution in [0.2, 0.25) is 5.02 Å². The zero-order valence-corrected chi connectivity index (χ0v) is 14.0. The standard InChI is InChI=1S/C18H23ClN2O2/c19-15-7-5-13(6-8-15)9-10-20-18(23)14-11-17(22)21(12-14)16-3-1-2-4-16/h5-8,14,16H,1-4,9-12H2,(H,20,23)/t14-/m0/s1. The van der Waals surface area contributed by atoms with Gasteiger partial charge < -0.3 is 10.2 Å². The van der Waals surface area contributed by atoms with Crippen LogP contribution in [0.1, 0.15) is 37.7 Å². The van der Waals surface area contributed by atoms with Crippen LogP contribution in [0.4, 0.5) is 0 Å². The van der Waals surface area contributed by atoms with E-state index >= 15 is 0 Å². The molecule has 0 unspecified atom stereocenters. The van der Waals surface area contributed by atoms with Crippen molar-refractivity contribution >= 4 is 23.4 Å². The molecule has 2 aliphatic rings. The van der Waals surface area contributed by atoms with Crippen LogP contribution in [0.5, 0.6) is 0 Å². The zero-order valence-electron chi connectivity index (χ0n) is 13.3. The van der Waals surface area contributed by atoms with Crippen molar-refractivity contribution in [1.82, 2.24) is 10.2 Å². The van der Waals surface area contributed by atoms with Gasteiger partial charge in [0.25, 0.3) is 0 Å². The third-order valence-corrected chi connectivity index (χ3v) is 5.17. The van der Waals surface area contributed by atoms with Crippen molar-refractivity contribution in [2.75, 3.05) is 13.1 Å². The Bertz CT molecular complexity index is 567. The number of amides is 2. The molecule has 1 saturated heterocycles. The molecular weight excluding hydrogens is 312 g/mol. The quantitative estimate of drug-likeness (QED) is 0.900. The van der Waals surface area contributed by atoms with Gasteiger partial charge >= 0.3 is 0 Å². The summed E-state index contributed by atoms with van der Waals surface area (Å²) in [5.74, 6) is -0.0316. The molecule has 0 spiro atoms. The SMILES string of the molecule is O=C(NCCc1ccc(Cl)cc1)[C@H]1CC(=O)N(C2CCCC2)C1. The third kappa shape index (κ3) is 4.05. The number of benzene rings is 1. The maximum Gasteiger partial charge on any atom is 0.225 e. The van der Waals surface area contributed by atoms with Crippen LogP contribution in [0, 0.1) is 5.92 Å². The zero-order chi connectivity index (χ0) is 16.2. The fourth-order valence-electron chi connectivity index (χ4n) is 3.60. The summed E-state index contributed by atoms with van der Waals surface area (Å²) in [6.07, 6.45) is 5.73. The lowest BCUT2D eigenvalue weighted by atomic mass is 10.1. The highest BCUT2D eigenvalue weighted by Crippen LogP contribution is 2.29. The van der Waals surface area contributed by atoms with Crippen molar-refractivity contribution < 1.29 is 9.59 Å². The minimum Gasteiger partial charge on any atom is -0.355 e. The Morgan fingerprint density at radius 1 is 1.22 bits per heavy atom. The van der Waals surface area contributed by atoms with Crippen LogP contribution in [0.25, 0.3) is 0 Å². The summed E-state index contributed by atoms with van der Waals surface area (Å²) in [6.45, 7) is 1.19. The highest BCUT2D eigenvalue weighted by molar-refractivity contribution is 6.30. The second kappa shape index (κ2) is 7.35. The summed E-state index contributed by atoms with van der Waals surface area (Å²) < 4.78 is 0. The van der Waals surface area contributed by atoms with Crippen molar-refractivity contribution in [1.29, 1.82) is 0 Å². The lowest BCUT2D eigenvalue weighted by Crippen LogP contribution is -2.37.